The summed E-state index contributed by atoms with van der Waals surface area (Å²) in [6.45, 7) is 2.93. The second-order valence-electron chi connectivity index (χ2n) is 4.36. The van der Waals surface area contributed by atoms with Gasteiger partial charge in [0.1, 0.15) is 5.76 Å². The molecule has 0 bridgehead atoms. The Kier molecular flexibility index (Phi) is 4.88. The normalized spacial score (nSPS) is 10.6. The van der Waals surface area contributed by atoms with Gasteiger partial charge < -0.3 is 9.73 Å². The molecular formula is C15H18BrNO. The van der Waals surface area contributed by atoms with Crippen molar-refractivity contribution in [3.63, 3.8) is 0 Å². The van der Waals surface area contributed by atoms with Crippen molar-refractivity contribution in [3.8, 4) is 0 Å². The van der Waals surface area contributed by atoms with Crippen LogP contribution in [-0.4, -0.2) is 0 Å². The quantitative estimate of drug-likeness (QED) is 0.812. The lowest BCUT2D eigenvalue weighted by Crippen LogP contribution is -1.98. The lowest BCUT2D eigenvalue weighted by molar-refractivity contribution is 0.495. The maximum absolute atomic E-state index is 5.44. The van der Waals surface area contributed by atoms with Crippen molar-refractivity contribution in [3.05, 3.63) is 52.4 Å². The lowest BCUT2D eigenvalue weighted by atomic mass is 10.1. The maximum Gasteiger partial charge on any atom is 0.169 e. The second-order valence-corrected chi connectivity index (χ2v) is 5.14. The number of anilines is 1. The van der Waals surface area contributed by atoms with Crippen LogP contribution in [0.5, 0.6) is 0 Å². The Labute approximate surface area is 117 Å². The van der Waals surface area contributed by atoms with Crippen LogP contribution in [0.2, 0.25) is 0 Å². The first-order valence-corrected chi connectivity index (χ1v) is 7.14. The van der Waals surface area contributed by atoms with Crippen LogP contribution >= 0.6 is 15.9 Å². The molecule has 1 aromatic carbocycles. The Morgan fingerprint density at radius 1 is 1.11 bits per heavy atom. The van der Waals surface area contributed by atoms with Gasteiger partial charge in [-0.2, -0.15) is 0 Å². The molecule has 0 atom stereocenters. The van der Waals surface area contributed by atoms with Crippen LogP contribution in [0.25, 0.3) is 0 Å². The molecule has 0 saturated heterocycles. The molecule has 0 aliphatic rings. The zero-order valence-corrected chi connectivity index (χ0v) is 12.2. The van der Waals surface area contributed by atoms with Crippen molar-refractivity contribution in [2.75, 3.05) is 5.32 Å². The van der Waals surface area contributed by atoms with E-state index in [0.717, 1.165) is 16.1 Å². The highest BCUT2D eigenvalue weighted by atomic mass is 79.9. The fraction of sp³-hybridized carbons (Fsp3) is 0.333. The summed E-state index contributed by atoms with van der Waals surface area (Å²) in [6.07, 6.45) is 3.67. The zero-order chi connectivity index (χ0) is 12.8. The third-order valence-corrected chi connectivity index (χ3v) is 3.29. The number of rotatable bonds is 6. The molecular weight excluding hydrogens is 290 g/mol. The Balaban J connectivity index is 1.86. The largest absolute Gasteiger partial charge is 0.452 e. The highest BCUT2D eigenvalue weighted by Gasteiger charge is 1.99. The first kappa shape index (κ1) is 13.2. The fourth-order valence-electron chi connectivity index (χ4n) is 1.81. The first-order chi connectivity index (χ1) is 8.78. The molecule has 1 aromatic heterocycles. The lowest BCUT2D eigenvalue weighted by Gasteiger charge is -2.06. The number of hydrogen-bond donors (Lipinski definition) is 1. The van der Waals surface area contributed by atoms with Crippen LogP contribution in [0.15, 0.2) is 45.5 Å². The molecule has 1 N–H and O–H groups in total. The molecule has 18 heavy (non-hydrogen) atoms. The molecule has 3 heteroatoms. The number of furan rings is 1. The molecule has 0 aliphatic heterocycles. The van der Waals surface area contributed by atoms with Crippen LogP contribution in [0.3, 0.4) is 0 Å². The number of nitrogens with one attached hydrogen (secondary N) is 1. The van der Waals surface area contributed by atoms with Crippen molar-refractivity contribution >= 4 is 21.6 Å². The summed E-state index contributed by atoms with van der Waals surface area (Å²) in [4.78, 5) is 0. The van der Waals surface area contributed by atoms with Crippen LogP contribution in [0.1, 0.15) is 31.1 Å². The molecule has 0 saturated carbocycles. The third kappa shape index (κ3) is 3.91. The van der Waals surface area contributed by atoms with Gasteiger partial charge in [-0.25, -0.2) is 0 Å². The molecule has 0 fully saturated rings. The standard InChI is InChI=1S/C15H18BrNO/c1-2-3-4-12-5-7-13(8-6-12)17-11-14-9-10-15(16)18-14/h5-10,17H,2-4,11H2,1H3. The summed E-state index contributed by atoms with van der Waals surface area (Å²) in [5, 5.41) is 3.34. The molecule has 96 valence electrons. The van der Waals surface area contributed by atoms with Gasteiger partial charge >= 0.3 is 0 Å². The van der Waals surface area contributed by atoms with E-state index in [1.54, 1.807) is 0 Å². The summed E-state index contributed by atoms with van der Waals surface area (Å²) in [7, 11) is 0. The van der Waals surface area contributed by atoms with E-state index >= 15 is 0 Å². The highest BCUT2D eigenvalue weighted by Crippen LogP contribution is 2.16. The molecule has 0 spiro atoms. The molecule has 1 heterocycles. The van der Waals surface area contributed by atoms with Crippen LogP contribution < -0.4 is 5.32 Å². The first-order valence-electron chi connectivity index (χ1n) is 6.35. The van der Waals surface area contributed by atoms with E-state index in [4.69, 9.17) is 4.42 Å². The van der Waals surface area contributed by atoms with Crippen molar-refractivity contribution in [2.24, 2.45) is 0 Å². The Morgan fingerprint density at radius 3 is 2.50 bits per heavy atom. The molecule has 2 rings (SSSR count). The second kappa shape index (κ2) is 6.64. The summed E-state index contributed by atoms with van der Waals surface area (Å²) in [5.41, 5.74) is 2.53. The van der Waals surface area contributed by atoms with E-state index in [-0.39, 0.29) is 0 Å². The van der Waals surface area contributed by atoms with Crippen LogP contribution in [0, 0.1) is 0 Å². The topological polar surface area (TPSA) is 25.2 Å². The van der Waals surface area contributed by atoms with Gasteiger partial charge in [0.25, 0.3) is 0 Å². The minimum absolute atomic E-state index is 0.708. The number of benzene rings is 1. The molecule has 0 amide bonds. The van der Waals surface area contributed by atoms with Gasteiger partial charge in [0.05, 0.1) is 6.54 Å². The average Bonchev–Trinajstić information content (AvgIpc) is 2.81. The van der Waals surface area contributed by atoms with E-state index in [9.17, 15) is 0 Å². The van der Waals surface area contributed by atoms with Gasteiger partial charge in [-0.1, -0.05) is 25.5 Å². The van der Waals surface area contributed by atoms with Crippen molar-refractivity contribution in [1.29, 1.82) is 0 Å². The van der Waals surface area contributed by atoms with E-state index in [1.807, 2.05) is 12.1 Å². The minimum atomic E-state index is 0.708. The zero-order valence-electron chi connectivity index (χ0n) is 10.6. The van der Waals surface area contributed by atoms with Gasteiger partial charge in [0.2, 0.25) is 0 Å². The summed E-state index contributed by atoms with van der Waals surface area (Å²) in [5.74, 6) is 0.928. The molecule has 2 nitrogen and oxygen atoms in total. The van der Waals surface area contributed by atoms with Crippen molar-refractivity contribution in [1.82, 2.24) is 0 Å². The number of halogens is 1. The van der Waals surface area contributed by atoms with Gasteiger partial charge in [-0.3, -0.25) is 0 Å². The van der Waals surface area contributed by atoms with Gasteiger partial charge in [0.15, 0.2) is 4.67 Å². The van der Waals surface area contributed by atoms with Gasteiger partial charge in [0, 0.05) is 5.69 Å². The van der Waals surface area contributed by atoms with Crippen molar-refractivity contribution in [2.45, 2.75) is 32.7 Å². The highest BCUT2D eigenvalue weighted by molar-refractivity contribution is 9.10. The Hall–Kier alpha value is -1.22. The fourth-order valence-corrected chi connectivity index (χ4v) is 2.15. The van der Waals surface area contributed by atoms with E-state index in [0.29, 0.717) is 6.54 Å². The van der Waals surface area contributed by atoms with E-state index in [2.05, 4.69) is 52.4 Å². The Morgan fingerprint density at radius 2 is 1.89 bits per heavy atom. The van der Waals surface area contributed by atoms with Crippen LogP contribution in [-0.2, 0) is 13.0 Å². The summed E-state index contributed by atoms with van der Waals surface area (Å²) in [6, 6.07) is 12.5. The monoisotopic (exact) mass is 307 g/mol. The number of hydrogen-bond acceptors (Lipinski definition) is 2. The molecule has 0 aliphatic carbocycles. The minimum Gasteiger partial charge on any atom is -0.452 e. The van der Waals surface area contributed by atoms with E-state index in [1.165, 1.54) is 24.8 Å². The predicted molar refractivity (Wildman–Crippen MR) is 78.8 cm³/mol. The van der Waals surface area contributed by atoms with Gasteiger partial charge in [-0.05, 0) is 58.6 Å². The van der Waals surface area contributed by atoms with Crippen molar-refractivity contribution < 1.29 is 4.42 Å². The van der Waals surface area contributed by atoms with E-state index < -0.39 is 0 Å². The number of aryl methyl sites for hydroxylation is 1. The molecule has 0 radical (unpaired) electrons. The SMILES string of the molecule is CCCCc1ccc(NCc2ccc(Br)o2)cc1. The maximum atomic E-state index is 5.44. The summed E-state index contributed by atoms with van der Waals surface area (Å²) < 4.78 is 6.21. The van der Waals surface area contributed by atoms with Crippen LogP contribution in [0.4, 0.5) is 5.69 Å². The Bertz CT molecular complexity index is 475. The molecule has 0 unspecified atom stereocenters. The predicted octanol–water partition coefficient (Wildman–Crippen LogP) is 5.00. The number of unbranched alkanes of at least 4 members (excludes halogenated alkanes) is 1. The molecule has 2 aromatic rings. The smallest absolute Gasteiger partial charge is 0.169 e. The average molecular weight is 308 g/mol. The van der Waals surface area contributed by atoms with Gasteiger partial charge in [-0.15, -0.1) is 0 Å². The third-order valence-electron chi connectivity index (χ3n) is 2.87. The summed E-state index contributed by atoms with van der Waals surface area (Å²) >= 11 is 3.30.